The number of hydrogen-bond acceptors (Lipinski definition) is 4. The number of pyridine rings is 1. The molecule has 1 aromatic carbocycles. The molecule has 1 unspecified atom stereocenters. The molecule has 0 aliphatic carbocycles. The maximum absolute atomic E-state index is 13.3. The Morgan fingerprint density at radius 1 is 1.40 bits per heavy atom. The van der Waals surface area contributed by atoms with Crippen LogP contribution in [0.5, 0.6) is 0 Å². The van der Waals surface area contributed by atoms with Crippen molar-refractivity contribution in [1.29, 1.82) is 0 Å². The van der Waals surface area contributed by atoms with E-state index >= 15 is 0 Å². The number of benzene rings is 1. The Balaban J connectivity index is 1.49. The van der Waals surface area contributed by atoms with Gasteiger partial charge < -0.3 is 15.0 Å². The van der Waals surface area contributed by atoms with Crippen molar-refractivity contribution in [2.45, 2.75) is 45.4 Å². The first-order chi connectivity index (χ1) is 14.4. The largest absolute Gasteiger partial charge is 0.368 e. The van der Waals surface area contributed by atoms with Gasteiger partial charge in [0.25, 0.3) is 5.91 Å². The van der Waals surface area contributed by atoms with Gasteiger partial charge in [0, 0.05) is 38.1 Å². The summed E-state index contributed by atoms with van der Waals surface area (Å²) in [7, 11) is 0. The minimum Gasteiger partial charge on any atom is -0.368 e. The lowest BCUT2D eigenvalue weighted by Crippen LogP contribution is -2.38. The van der Waals surface area contributed by atoms with E-state index in [1.54, 1.807) is 11.1 Å². The van der Waals surface area contributed by atoms with Crippen LogP contribution < -0.4 is 5.32 Å². The number of nitrogens with zero attached hydrogens (tertiary/aromatic N) is 2. The minimum atomic E-state index is -0.477. The molecule has 158 valence electrons. The van der Waals surface area contributed by atoms with E-state index < -0.39 is 5.82 Å². The summed E-state index contributed by atoms with van der Waals surface area (Å²) in [5, 5.41) is 3.07. The summed E-state index contributed by atoms with van der Waals surface area (Å²) >= 11 is 6.06. The van der Waals surface area contributed by atoms with Crippen molar-refractivity contribution in [1.82, 2.24) is 15.2 Å². The summed E-state index contributed by atoms with van der Waals surface area (Å²) in [5.41, 5.74) is 4.20. The molecule has 0 radical (unpaired) electrons. The molecule has 8 heteroatoms. The number of nitrogens with one attached hydrogen (secondary N) is 1. The smallest absolute Gasteiger partial charge is 0.255 e. The molecule has 2 aromatic rings. The van der Waals surface area contributed by atoms with Crippen LogP contribution in [-0.2, 0) is 29.0 Å². The third kappa shape index (κ3) is 4.18. The number of aromatic nitrogens is 1. The zero-order chi connectivity index (χ0) is 21.3. The second-order valence-corrected chi connectivity index (χ2v) is 8.05. The van der Waals surface area contributed by atoms with Crippen LogP contribution in [0.2, 0.25) is 5.02 Å². The van der Waals surface area contributed by atoms with Gasteiger partial charge in [-0.1, -0.05) is 11.6 Å². The molecule has 3 heterocycles. The van der Waals surface area contributed by atoms with Gasteiger partial charge >= 0.3 is 0 Å². The van der Waals surface area contributed by atoms with Crippen LogP contribution in [0.25, 0.3) is 0 Å². The SMILES string of the molecule is Cc1ncc2c(c1CNC(=O)C1CCCO1)CCN(C(=O)c1ccc(F)cc1Cl)C2. The molecule has 1 fully saturated rings. The Labute approximate surface area is 179 Å². The first-order valence-corrected chi connectivity index (χ1v) is 10.4. The van der Waals surface area contributed by atoms with Crippen LogP contribution in [0, 0.1) is 12.7 Å². The Hall–Kier alpha value is -2.51. The Bertz CT molecular complexity index is 992. The summed E-state index contributed by atoms with van der Waals surface area (Å²) in [6.07, 6.45) is 3.71. The lowest BCUT2D eigenvalue weighted by molar-refractivity contribution is -0.130. The van der Waals surface area contributed by atoms with E-state index in [0.29, 0.717) is 32.7 Å². The van der Waals surface area contributed by atoms with Crippen molar-refractivity contribution >= 4 is 23.4 Å². The van der Waals surface area contributed by atoms with Crippen LogP contribution in [0.4, 0.5) is 4.39 Å². The maximum Gasteiger partial charge on any atom is 0.255 e. The number of amides is 2. The predicted octanol–water partition coefficient (Wildman–Crippen LogP) is 3.18. The second-order valence-electron chi connectivity index (χ2n) is 7.65. The topological polar surface area (TPSA) is 71.5 Å². The van der Waals surface area contributed by atoms with Crippen LogP contribution in [-0.4, -0.2) is 41.0 Å². The number of fused-ring (bicyclic) bond motifs is 1. The average Bonchev–Trinajstić information content (AvgIpc) is 3.27. The quantitative estimate of drug-likeness (QED) is 0.807. The van der Waals surface area contributed by atoms with Gasteiger partial charge in [0.2, 0.25) is 5.91 Å². The number of hydrogen-bond donors (Lipinski definition) is 1. The molecule has 1 atom stereocenters. The molecular weight excluding hydrogens is 409 g/mol. The third-order valence-corrected chi connectivity index (χ3v) is 6.02. The number of carbonyl (C=O) groups is 2. The van der Waals surface area contributed by atoms with E-state index in [2.05, 4.69) is 10.3 Å². The third-order valence-electron chi connectivity index (χ3n) is 5.71. The van der Waals surface area contributed by atoms with E-state index in [4.69, 9.17) is 16.3 Å². The van der Waals surface area contributed by atoms with Crippen LogP contribution in [0.15, 0.2) is 24.4 Å². The minimum absolute atomic E-state index is 0.0944. The molecule has 1 saturated heterocycles. The highest BCUT2D eigenvalue weighted by atomic mass is 35.5. The lowest BCUT2D eigenvalue weighted by atomic mass is 9.94. The molecule has 6 nitrogen and oxygen atoms in total. The summed E-state index contributed by atoms with van der Waals surface area (Å²) in [4.78, 5) is 31.3. The Morgan fingerprint density at radius 3 is 2.97 bits per heavy atom. The zero-order valence-corrected chi connectivity index (χ0v) is 17.5. The number of halogens is 2. The van der Waals surface area contributed by atoms with Gasteiger partial charge in [0.1, 0.15) is 11.9 Å². The Kier molecular flexibility index (Phi) is 6.01. The molecule has 1 N–H and O–H groups in total. The van der Waals surface area contributed by atoms with Gasteiger partial charge in [-0.3, -0.25) is 14.6 Å². The summed E-state index contributed by atoms with van der Waals surface area (Å²) in [6.45, 7) is 3.83. The molecule has 1 aromatic heterocycles. The fourth-order valence-corrected chi connectivity index (χ4v) is 4.28. The zero-order valence-electron chi connectivity index (χ0n) is 16.7. The van der Waals surface area contributed by atoms with E-state index in [1.807, 2.05) is 6.92 Å². The standard InChI is InChI=1S/C22H23ClFN3O3/c1-13-18(11-26-21(28)20-3-2-8-30-20)16-6-7-27(12-14(16)10-25-13)22(29)17-5-4-15(24)9-19(17)23/h4-5,9-10,20H,2-3,6-8,11-12H2,1H3,(H,26,28). The van der Waals surface area contributed by atoms with Crippen molar-refractivity contribution < 1.29 is 18.7 Å². The number of rotatable bonds is 4. The molecule has 2 amide bonds. The van der Waals surface area contributed by atoms with Crippen molar-refractivity contribution in [2.75, 3.05) is 13.2 Å². The van der Waals surface area contributed by atoms with E-state index in [-0.39, 0.29) is 28.5 Å². The maximum atomic E-state index is 13.3. The van der Waals surface area contributed by atoms with Gasteiger partial charge in [0.05, 0.1) is 10.6 Å². The van der Waals surface area contributed by atoms with Crippen molar-refractivity contribution in [3.05, 3.63) is 63.2 Å². The van der Waals surface area contributed by atoms with E-state index in [1.165, 1.54) is 12.1 Å². The predicted molar refractivity (Wildman–Crippen MR) is 110 cm³/mol. The van der Waals surface area contributed by atoms with Gasteiger partial charge in [-0.2, -0.15) is 0 Å². The summed E-state index contributed by atoms with van der Waals surface area (Å²) in [5.74, 6) is -0.808. The van der Waals surface area contributed by atoms with Crippen molar-refractivity contribution in [3.63, 3.8) is 0 Å². The number of aryl methyl sites for hydroxylation is 1. The molecule has 0 spiro atoms. The molecular formula is C22H23ClFN3O3. The molecule has 2 aliphatic rings. The molecule has 2 aliphatic heterocycles. The lowest BCUT2D eigenvalue weighted by Gasteiger charge is -2.31. The molecule has 0 bridgehead atoms. The van der Waals surface area contributed by atoms with Crippen LogP contribution in [0.3, 0.4) is 0 Å². The molecule has 0 saturated carbocycles. The summed E-state index contributed by atoms with van der Waals surface area (Å²) < 4.78 is 18.7. The fourth-order valence-electron chi connectivity index (χ4n) is 4.04. The highest BCUT2D eigenvalue weighted by molar-refractivity contribution is 6.33. The van der Waals surface area contributed by atoms with E-state index in [0.717, 1.165) is 41.3 Å². The van der Waals surface area contributed by atoms with Crippen molar-refractivity contribution in [2.24, 2.45) is 0 Å². The van der Waals surface area contributed by atoms with Gasteiger partial charge in [0.15, 0.2) is 0 Å². The van der Waals surface area contributed by atoms with Gasteiger partial charge in [-0.05, 0) is 61.1 Å². The van der Waals surface area contributed by atoms with Crippen LogP contribution in [0.1, 0.15) is 45.6 Å². The first kappa shape index (κ1) is 20.8. The fraction of sp³-hybridized carbons (Fsp3) is 0.409. The Morgan fingerprint density at radius 2 is 2.23 bits per heavy atom. The first-order valence-electron chi connectivity index (χ1n) is 10.0. The highest BCUT2D eigenvalue weighted by Crippen LogP contribution is 2.27. The highest BCUT2D eigenvalue weighted by Gasteiger charge is 2.27. The normalized spacial score (nSPS) is 18.2. The van der Waals surface area contributed by atoms with Crippen molar-refractivity contribution in [3.8, 4) is 0 Å². The number of ether oxygens (including phenoxy) is 1. The number of carbonyl (C=O) groups excluding carboxylic acids is 2. The van der Waals surface area contributed by atoms with Crippen LogP contribution >= 0.6 is 11.6 Å². The molecule has 30 heavy (non-hydrogen) atoms. The van der Waals surface area contributed by atoms with Gasteiger partial charge in [-0.25, -0.2) is 4.39 Å². The average molecular weight is 432 g/mol. The molecule has 4 rings (SSSR count). The summed E-state index contributed by atoms with van der Waals surface area (Å²) in [6, 6.07) is 3.79. The van der Waals surface area contributed by atoms with E-state index in [9.17, 15) is 14.0 Å². The second kappa shape index (κ2) is 8.70. The van der Waals surface area contributed by atoms with Gasteiger partial charge in [-0.15, -0.1) is 0 Å². The monoisotopic (exact) mass is 431 g/mol.